The van der Waals surface area contributed by atoms with E-state index in [4.69, 9.17) is 15.9 Å². The van der Waals surface area contributed by atoms with Crippen molar-refractivity contribution in [3.63, 3.8) is 0 Å². The van der Waals surface area contributed by atoms with Gasteiger partial charge < -0.3 is 14.8 Å². The zero-order valence-corrected chi connectivity index (χ0v) is 12.8. The molecule has 4 aliphatic heterocycles. The highest BCUT2D eigenvalue weighted by atomic mass is 16.7. The molecule has 5 rings (SSSR count). The van der Waals surface area contributed by atoms with Crippen LogP contribution in [-0.2, 0) is 6.54 Å². The number of terminal acetylenes is 1. The first-order valence-electron chi connectivity index (χ1n) is 8.13. The van der Waals surface area contributed by atoms with Gasteiger partial charge in [0, 0.05) is 31.6 Å². The molecule has 0 saturated carbocycles. The molecule has 1 unspecified atom stereocenters. The van der Waals surface area contributed by atoms with Crippen LogP contribution in [0.3, 0.4) is 0 Å². The van der Waals surface area contributed by atoms with E-state index < -0.39 is 0 Å². The van der Waals surface area contributed by atoms with E-state index >= 15 is 0 Å². The molecule has 2 bridgehead atoms. The normalized spacial score (nSPS) is 32.0. The van der Waals surface area contributed by atoms with Crippen LogP contribution >= 0.6 is 0 Å². The molecule has 0 spiro atoms. The Balaban J connectivity index is 1.30. The fraction of sp³-hybridized carbons (Fsp3) is 0.556. The lowest BCUT2D eigenvalue weighted by Gasteiger charge is -2.48. The highest BCUT2D eigenvalue weighted by Crippen LogP contribution is 2.36. The molecule has 4 atom stereocenters. The summed E-state index contributed by atoms with van der Waals surface area (Å²) >= 11 is 0. The van der Waals surface area contributed by atoms with Gasteiger partial charge in [0.2, 0.25) is 6.79 Å². The first-order chi connectivity index (χ1) is 10.8. The van der Waals surface area contributed by atoms with Crippen LogP contribution in [0.5, 0.6) is 11.5 Å². The lowest BCUT2D eigenvalue weighted by atomic mass is 9.76. The van der Waals surface area contributed by atoms with Gasteiger partial charge in [-0.15, -0.1) is 12.3 Å². The molecular weight excluding hydrogens is 276 g/mol. The van der Waals surface area contributed by atoms with E-state index in [0.717, 1.165) is 37.1 Å². The highest BCUT2D eigenvalue weighted by Gasteiger charge is 2.38. The zero-order chi connectivity index (χ0) is 14.9. The fourth-order valence-corrected chi connectivity index (χ4v) is 3.97. The van der Waals surface area contributed by atoms with Gasteiger partial charge in [0.05, 0.1) is 0 Å². The van der Waals surface area contributed by atoms with Gasteiger partial charge in [-0.1, -0.05) is 6.07 Å². The zero-order valence-electron chi connectivity index (χ0n) is 12.8. The SMILES string of the molecule is C#C[C@@H]1CN2CC[C@H]1C[C@@H]2CNCc1ccc2c(c1)OCO2. The third kappa shape index (κ3) is 2.55. The van der Waals surface area contributed by atoms with Gasteiger partial charge in [0.15, 0.2) is 11.5 Å². The molecule has 3 fully saturated rings. The predicted molar refractivity (Wildman–Crippen MR) is 84.7 cm³/mol. The summed E-state index contributed by atoms with van der Waals surface area (Å²) in [5, 5.41) is 3.59. The van der Waals surface area contributed by atoms with Gasteiger partial charge in [-0.3, -0.25) is 4.90 Å². The molecule has 1 aromatic carbocycles. The van der Waals surface area contributed by atoms with Gasteiger partial charge in [0.25, 0.3) is 0 Å². The highest BCUT2D eigenvalue weighted by molar-refractivity contribution is 5.44. The van der Waals surface area contributed by atoms with Gasteiger partial charge in [0.1, 0.15) is 0 Å². The van der Waals surface area contributed by atoms with E-state index in [1.807, 2.05) is 6.07 Å². The maximum absolute atomic E-state index is 5.64. The molecular formula is C18H22N2O2. The van der Waals surface area contributed by atoms with Crippen LogP contribution in [0.4, 0.5) is 0 Å². The van der Waals surface area contributed by atoms with Crippen LogP contribution in [0, 0.1) is 24.2 Å². The molecule has 4 nitrogen and oxygen atoms in total. The second-order valence-corrected chi connectivity index (χ2v) is 6.52. The Morgan fingerprint density at radius 2 is 2.23 bits per heavy atom. The summed E-state index contributed by atoms with van der Waals surface area (Å²) in [4.78, 5) is 2.57. The van der Waals surface area contributed by atoms with E-state index in [1.54, 1.807) is 0 Å². The first kappa shape index (κ1) is 13.9. The Bertz CT molecular complexity index is 595. The van der Waals surface area contributed by atoms with Crippen molar-refractivity contribution >= 4 is 0 Å². The Morgan fingerprint density at radius 1 is 1.32 bits per heavy atom. The minimum Gasteiger partial charge on any atom is -0.454 e. The molecule has 1 aromatic rings. The number of fused-ring (bicyclic) bond motifs is 4. The Hall–Kier alpha value is -1.70. The topological polar surface area (TPSA) is 33.7 Å². The Morgan fingerprint density at radius 3 is 3.05 bits per heavy atom. The smallest absolute Gasteiger partial charge is 0.231 e. The van der Waals surface area contributed by atoms with Crippen molar-refractivity contribution in [2.24, 2.45) is 11.8 Å². The van der Waals surface area contributed by atoms with Crippen LogP contribution in [0.25, 0.3) is 0 Å². The van der Waals surface area contributed by atoms with E-state index in [-0.39, 0.29) is 0 Å². The molecule has 22 heavy (non-hydrogen) atoms. The maximum Gasteiger partial charge on any atom is 0.231 e. The van der Waals surface area contributed by atoms with E-state index in [2.05, 4.69) is 28.3 Å². The molecule has 1 N–H and O–H groups in total. The average molecular weight is 298 g/mol. The Labute approximate surface area is 131 Å². The average Bonchev–Trinajstić information content (AvgIpc) is 3.03. The summed E-state index contributed by atoms with van der Waals surface area (Å²) in [5.74, 6) is 5.88. The molecule has 3 saturated heterocycles. The standard InChI is InChI=1S/C18H22N2O2/c1-2-14-11-20-6-5-15(14)8-16(20)10-19-9-13-3-4-17-18(7-13)22-12-21-17/h1,3-4,7,14-16,19H,5-6,8-12H2/t14-,15+,16-/m1/s1. The number of hydrogen-bond acceptors (Lipinski definition) is 4. The lowest BCUT2D eigenvalue weighted by Crippen LogP contribution is -2.55. The number of hydrogen-bond donors (Lipinski definition) is 1. The summed E-state index contributed by atoms with van der Waals surface area (Å²) in [6.45, 7) is 4.52. The monoisotopic (exact) mass is 298 g/mol. The van der Waals surface area contributed by atoms with Crippen molar-refractivity contribution in [2.75, 3.05) is 26.4 Å². The van der Waals surface area contributed by atoms with Crippen molar-refractivity contribution in [1.29, 1.82) is 0 Å². The molecule has 4 aliphatic rings. The quantitative estimate of drug-likeness (QED) is 0.860. The van der Waals surface area contributed by atoms with Crippen molar-refractivity contribution < 1.29 is 9.47 Å². The van der Waals surface area contributed by atoms with Gasteiger partial charge in [-0.2, -0.15) is 0 Å². The molecule has 116 valence electrons. The Kier molecular flexibility index (Phi) is 3.69. The molecule has 0 aromatic heterocycles. The van der Waals surface area contributed by atoms with Gasteiger partial charge in [-0.25, -0.2) is 0 Å². The minimum atomic E-state index is 0.334. The van der Waals surface area contributed by atoms with Crippen LogP contribution in [0.1, 0.15) is 18.4 Å². The van der Waals surface area contributed by atoms with E-state index in [0.29, 0.717) is 18.8 Å². The molecule has 0 amide bonds. The summed E-state index contributed by atoms with van der Waals surface area (Å²) in [6, 6.07) is 6.79. The third-order valence-electron chi connectivity index (χ3n) is 5.24. The number of nitrogens with one attached hydrogen (secondary N) is 1. The number of benzene rings is 1. The molecule has 0 radical (unpaired) electrons. The summed E-state index contributed by atoms with van der Waals surface area (Å²) in [5.41, 5.74) is 1.24. The second-order valence-electron chi connectivity index (χ2n) is 6.52. The fourth-order valence-electron chi connectivity index (χ4n) is 3.97. The van der Waals surface area contributed by atoms with Crippen LogP contribution in [0.2, 0.25) is 0 Å². The number of piperidine rings is 3. The number of ether oxygens (including phenoxy) is 2. The molecule has 4 heteroatoms. The van der Waals surface area contributed by atoms with E-state index in [9.17, 15) is 0 Å². The van der Waals surface area contributed by atoms with Crippen LogP contribution < -0.4 is 14.8 Å². The minimum absolute atomic E-state index is 0.334. The van der Waals surface area contributed by atoms with E-state index in [1.165, 1.54) is 24.9 Å². The van der Waals surface area contributed by atoms with Gasteiger partial charge >= 0.3 is 0 Å². The van der Waals surface area contributed by atoms with Crippen molar-refractivity contribution in [3.05, 3.63) is 23.8 Å². The lowest BCUT2D eigenvalue weighted by molar-refractivity contribution is 0.0227. The molecule has 4 heterocycles. The number of rotatable bonds is 4. The predicted octanol–water partition coefficient (Wildman–Crippen LogP) is 1.85. The third-order valence-corrected chi connectivity index (χ3v) is 5.24. The summed E-state index contributed by atoms with van der Waals surface area (Å²) in [7, 11) is 0. The number of nitrogens with zero attached hydrogens (tertiary/aromatic N) is 1. The van der Waals surface area contributed by atoms with Crippen molar-refractivity contribution in [3.8, 4) is 23.8 Å². The molecule has 0 aliphatic carbocycles. The van der Waals surface area contributed by atoms with Crippen molar-refractivity contribution in [2.45, 2.75) is 25.4 Å². The summed E-state index contributed by atoms with van der Waals surface area (Å²) < 4.78 is 10.8. The first-order valence-corrected chi connectivity index (χ1v) is 8.13. The van der Waals surface area contributed by atoms with Crippen LogP contribution in [0.15, 0.2) is 18.2 Å². The second kappa shape index (κ2) is 5.83. The van der Waals surface area contributed by atoms with Gasteiger partial charge in [-0.05, 0) is 43.0 Å². The van der Waals surface area contributed by atoms with Crippen LogP contribution in [-0.4, -0.2) is 37.4 Å². The largest absolute Gasteiger partial charge is 0.454 e. The van der Waals surface area contributed by atoms with Crippen molar-refractivity contribution in [1.82, 2.24) is 10.2 Å². The summed E-state index contributed by atoms with van der Waals surface area (Å²) in [6.07, 6.45) is 8.15. The maximum atomic E-state index is 5.64.